The molecule has 1 atom stereocenters. The van der Waals surface area contributed by atoms with E-state index in [1.54, 1.807) is 0 Å². The summed E-state index contributed by atoms with van der Waals surface area (Å²) in [7, 11) is -3.83. The lowest BCUT2D eigenvalue weighted by Gasteiger charge is -2.12. The molecule has 0 fully saturated rings. The Labute approximate surface area is 138 Å². The van der Waals surface area contributed by atoms with E-state index in [0.717, 1.165) is 6.42 Å². The van der Waals surface area contributed by atoms with Crippen molar-refractivity contribution >= 4 is 10.1 Å². The second kappa shape index (κ2) is 14.5. The maximum Gasteiger partial charge on any atom is 0.266 e. The summed E-state index contributed by atoms with van der Waals surface area (Å²) >= 11 is 0. The third-order valence-electron chi connectivity index (χ3n) is 4.09. The molecule has 0 spiro atoms. The zero-order chi connectivity index (χ0) is 16.7. The van der Waals surface area contributed by atoms with Crippen molar-refractivity contribution in [3.8, 4) is 0 Å². The number of unbranched alkanes of at least 4 members (excludes halogenated alkanes) is 10. The lowest BCUT2D eigenvalue weighted by Crippen LogP contribution is -2.30. The first-order valence-electron chi connectivity index (χ1n) is 9.14. The Balaban J connectivity index is 3.22. The summed E-state index contributed by atoms with van der Waals surface area (Å²) in [5, 5.41) is 3.14. The smallest absolute Gasteiger partial charge is 0.266 e. The molecule has 0 radical (unpaired) electrons. The van der Waals surface area contributed by atoms with Gasteiger partial charge >= 0.3 is 0 Å². The van der Waals surface area contributed by atoms with Crippen LogP contribution in [0, 0.1) is 0 Å². The molecule has 0 heterocycles. The first-order valence-corrected chi connectivity index (χ1v) is 10.7. The zero-order valence-electron chi connectivity index (χ0n) is 14.6. The van der Waals surface area contributed by atoms with Crippen molar-refractivity contribution in [3.05, 3.63) is 0 Å². The van der Waals surface area contributed by atoms with Gasteiger partial charge in [0.05, 0.1) is 5.75 Å². The van der Waals surface area contributed by atoms with Crippen LogP contribution in [-0.2, 0) is 10.1 Å². The van der Waals surface area contributed by atoms with Crippen LogP contribution in [0.25, 0.3) is 0 Å². The lowest BCUT2D eigenvalue weighted by molar-refractivity contribution is 0.465. The van der Waals surface area contributed by atoms with Gasteiger partial charge < -0.3 is 5.32 Å². The second-order valence-electron chi connectivity index (χ2n) is 6.47. The average Bonchev–Trinajstić information content (AvgIpc) is 2.43. The Morgan fingerprint density at radius 1 is 0.864 bits per heavy atom. The molecule has 5 heteroatoms. The number of hydrogen-bond acceptors (Lipinski definition) is 3. The minimum absolute atomic E-state index is 0.199. The maximum atomic E-state index is 10.6. The maximum absolute atomic E-state index is 10.6. The molecule has 22 heavy (non-hydrogen) atoms. The summed E-state index contributed by atoms with van der Waals surface area (Å²) in [6, 6.07) is 0.320. The monoisotopic (exact) mass is 335 g/mol. The summed E-state index contributed by atoms with van der Waals surface area (Å²) in [6.07, 6.45) is 15.9. The predicted molar refractivity (Wildman–Crippen MR) is 95.0 cm³/mol. The van der Waals surface area contributed by atoms with Crippen LogP contribution >= 0.6 is 0 Å². The molecule has 0 saturated heterocycles. The molecule has 0 rings (SSSR count). The summed E-state index contributed by atoms with van der Waals surface area (Å²) < 4.78 is 29.8. The van der Waals surface area contributed by atoms with Gasteiger partial charge in [0.2, 0.25) is 0 Å². The van der Waals surface area contributed by atoms with E-state index in [4.69, 9.17) is 4.55 Å². The minimum Gasteiger partial charge on any atom is -0.313 e. The molecule has 0 bridgehead atoms. The van der Waals surface area contributed by atoms with Gasteiger partial charge in [0.25, 0.3) is 10.1 Å². The molecular formula is C17H37NO3S. The average molecular weight is 336 g/mol. The Kier molecular flexibility index (Phi) is 14.4. The normalized spacial score (nSPS) is 13.4. The van der Waals surface area contributed by atoms with Crippen LogP contribution in [0.3, 0.4) is 0 Å². The Hall–Kier alpha value is -0.130. The summed E-state index contributed by atoms with van der Waals surface area (Å²) in [5.41, 5.74) is 0. The van der Waals surface area contributed by atoms with E-state index in [1.807, 2.05) is 0 Å². The van der Waals surface area contributed by atoms with Crippen molar-refractivity contribution < 1.29 is 13.0 Å². The van der Waals surface area contributed by atoms with Gasteiger partial charge in [-0.3, -0.25) is 4.55 Å². The van der Waals surface area contributed by atoms with E-state index >= 15 is 0 Å². The van der Waals surface area contributed by atoms with Crippen LogP contribution in [0.4, 0.5) is 0 Å². The minimum atomic E-state index is -3.83. The van der Waals surface area contributed by atoms with Gasteiger partial charge in [-0.25, -0.2) is 0 Å². The molecule has 1 unspecified atom stereocenters. The zero-order valence-corrected chi connectivity index (χ0v) is 15.5. The SMILES string of the molecule is CCCCCCCCCCCCCC(C)NCCS(=O)(=O)O. The summed E-state index contributed by atoms with van der Waals surface area (Å²) in [4.78, 5) is 0. The standard InChI is InChI=1S/C17H37NO3S/c1-3-4-5-6-7-8-9-10-11-12-13-14-17(2)18-15-16-22(19,20)21/h17-18H,3-16H2,1-2H3,(H,19,20,21). The molecule has 0 aliphatic heterocycles. The molecule has 0 amide bonds. The van der Waals surface area contributed by atoms with Crippen LogP contribution in [0.2, 0.25) is 0 Å². The van der Waals surface area contributed by atoms with Crippen molar-refractivity contribution in [2.75, 3.05) is 12.3 Å². The van der Waals surface area contributed by atoms with Gasteiger partial charge in [0, 0.05) is 12.6 Å². The van der Waals surface area contributed by atoms with Gasteiger partial charge in [0.1, 0.15) is 0 Å². The highest BCUT2D eigenvalue weighted by Gasteiger charge is 2.06. The number of hydrogen-bond donors (Lipinski definition) is 2. The van der Waals surface area contributed by atoms with Crippen molar-refractivity contribution in [1.82, 2.24) is 5.32 Å². The Bertz CT molecular complexity index is 331. The quantitative estimate of drug-likeness (QED) is 0.321. The summed E-state index contributed by atoms with van der Waals surface area (Å²) in [5.74, 6) is -0.199. The van der Waals surface area contributed by atoms with Crippen LogP contribution in [-0.4, -0.2) is 31.3 Å². The van der Waals surface area contributed by atoms with Crippen molar-refractivity contribution in [1.29, 1.82) is 0 Å². The molecule has 0 aliphatic carbocycles. The van der Waals surface area contributed by atoms with Gasteiger partial charge in [-0.15, -0.1) is 0 Å². The van der Waals surface area contributed by atoms with Gasteiger partial charge in [-0.05, 0) is 13.3 Å². The van der Waals surface area contributed by atoms with Crippen LogP contribution in [0.5, 0.6) is 0 Å². The van der Waals surface area contributed by atoms with Crippen LogP contribution in [0.1, 0.15) is 90.9 Å². The van der Waals surface area contributed by atoms with Crippen molar-refractivity contribution in [2.24, 2.45) is 0 Å². The van der Waals surface area contributed by atoms with Gasteiger partial charge in [0.15, 0.2) is 0 Å². The highest BCUT2D eigenvalue weighted by Crippen LogP contribution is 2.12. The summed E-state index contributed by atoms with van der Waals surface area (Å²) in [6.45, 7) is 4.66. The third-order valence-corrected chi connectivity index (χ3v) is 4.81. The first-order chi connectivity index (χ1) is 10.5. The Morgan fingerprint density at radius 2 is 1.32 bits per heavy atom. The van der Waals surface area contributed by atoms with Crippen molar-refractivity contribution in [3.63, 3.8) is 0 Å². The molecule has 0 aromatic heterocycles. The fourth-order valence-corrected chi connectivity index (χ4v) is 3.03. The predicted octanol–water partition coefficient (Wildman–Crippen LogP) is 4.55. The fraction of sp³-hybridized carbons (Fsp3) is 1.00. The van der Waals surface area contributed by atoms with E-state index < -0.39 is 10.1 Å². The molecule has 0 saturated carbocycles. The van der Waals surface area contributed by atoms with E-state index in [1.165, 1.54) is 70.6 Å². The van der Waals surface area contributed by atoms with Gasteiger partial charge in [-0.1, -0.05) is 77.6 Å². The van der Waals surface area contributed by atoms with E-state index in [0.29, 0.717) is 12.6 Å². The van der Waals surface area contributed by atoms with Gasteiger partial charge in [-0.2, -0.15) is 8.42 Å². The first kappa shape index (κ1) is 21.9. The molecular weight excluding hydrogens is 298 g/mol. The molecule has 2 N–H and O–H groups in total. The number of rotatable bonds is 16. The fourth-order valence-electron chi connectivity index (χ4n) is 2.65. The van der Waals surface area contributed by atoms with E-state index in [9.17, 15) is 8.42 Å². The van der Waals surface area contributed by atoms with Crippen LogP contribution in [0.15, 0.2) is 0 Å². The van der Waals surface area contributed by atoms with E-state index in [-0.39, 0.29) is 5.75 Å². The van der Waals surface area contributed by atoms with Crippen LogP contribution < -0.4 is 5.32 Å². The van der Waals surface area contributed by atoms with E-state index in [2.05, 4.69) is 19.2 Å². The molecule has 0 aliphatic rings. The lowest BCUT2D eigenvalue weighted by atomic mass is 10.0. The molecule has 0 aromatic carbocycles. The molecule has 0 aromatic rings. The van der Waals surface area contributed by atoms with Crippen molar-refractivity contribution in [2.45, 2.75) is 96.9 Å². The third kappa shape index (κ3) is 17.9. The highest BCUT2D eigenvalue weighted by atomic mass is 32.2. The Morgan fingerprint density at radius 3 is 1.77 bits per heavy atom. The topological polar surface area (TPSA) is 66.4 Å². The molecule has 4 nitrogen and oxygen atoms in total. The highest BCUT2D eigenvalue weighted by molar-refractivity contribution is 7.85. The molecule has 134 valence electrons. The largest absolute Gasteiger partial charge is 0.313 e. The second-order valence-corrected chi connectivity index (χ2v) is 8.04. The number of nitrogens with one attached hydrogen (secondary N) is 1.